The molecule has 2 saturated heterocycles. The molecular formula is C38H40F6N4O3S. The van der Waals surface area contributed by atoms with Crippen LogP contribution in [0.3, 0.4) is 0 Å². The molecule has 0 radical (unpaired) electrons. The lowest BCUT2D eigenvalue weighted by molar-refractivity contribution is -0.155. The molecule has 2 fully saturated rings. The van der Waals surface area contributed by atoms with E-state index < -0.39 is 39.7 Å². The van der Waals surface area contributed by atoms with Gasteiger partial charge in [-0.15, -0.1) is 0 Å². The van der Waals surface area contributed by atoms with Gasteiger partial charge in [0, 0.05) is 29.1 Å². The molecule has 3 heterocycles. The first kappa shape index (κ1) is 37.7. The molecule has 278 valence electrons. The Balaban J connectivity index is 1.53. The Kier molecular flexibility index (Phi) is 11.0. The van der Waals surface area contributed by atoms with Crippen LogP contribution in [0.2, 0.25) is 0 Å². The Morgan fingerprint density at radius 2 is 1.58 bits per heavy atom. The number of likely N-dealkylation sites (tertiary alicyclic amines) is 2. The van der Waals surface area contributed by atoms with Crippen LogP contribution in [0.1, 0.15) is 72.1 Å². The number of amides is 1. The van der Waals surface area contributed by atoms with Gasteiger partial charge in [-0.1, -0.05) is 55.8 Å². The van der Waals surface area contributed by atoms with Crippen LogP contribution in [0.5, 0.6) is 0 Å². The lowest BCUT2D eigenvalue weighted by Crippen LogP contribution is -2.46. The summed E-state index contributed by atoms with van der Waals surface area (Å²) in [7, 11) is -3.84. The molecule has 1 atom stereocenters. The molecule has 1 N–H and O–H groups in total. The highest BCUT2D eigenvalue weighted by Gasteiger charge is 2.43. The van der Waals surface area contributed by atoms with Crippen molar-refractivity contribution >= 4 is 26.6 Å². The van der Waals surface area contributed by atoms with Gasteiger partial charge in [0.05, 0.1) is 33.0 Å². The van der Waals surface area contributed by atoms with E-state index in [2.05, 4.69) is 10.2 Å². The number of halogens is 6. The lowest BCUT2D eigenvalue weighted by Gasteiger charge is -2.40. The predicted molar refractivity (Wildman–Crippen MR) is 186 cm³/mol. The second kappa shape index (κ2) is 15.2. The van der Waals surface area contributed by atoms with Gasteiger partial charge in [-0.25, -0.2) is 13.4 Å². The monoisotopic (exact) mass is 746 g/mol. The lowest BCUT2D eigenvalue weighted by atomic mass is 9.93. The third kappa shape index (κ3) is 8.29. The maximum absolute atomic E-state index is 14.6. The van der Waals surface area contributed by atoms with Crippen molar-refractivity contribution in [3.63, 3.8) is 0 Å². The van der Waals surface area contributed by atoms with Crippen molar-refractivity contribution in [2.45, 2.75) is 74.9 Å². The largest absolute Gasteiger partial charge is 0.416 e. The molecule has 0 saturated carbocycles. The van der Waals surface area contributed by atoms with Crippen molar-refractivity contribution in [3.05, 3.63) is 95.1 Å². The van der Waals surface area contributed by atoms with E-state index >= 15 is 0 Å². The summed E-state index contributed by atoms with van der Waals surface area (Å²) in [5.74, 6) is -1.44. The van der Waals surface area contributed by atoms with Gasteiger partial charge < -0.3 is 10.2 Å². The molecule has 6 rings (SSSR count). The van der Waals surface area contributed by atoms with Gasteiger partial charge in [-0.3, -0.25) is 9.69 Å². The second-order valence-electron chi connectivity index (χ2n) is 13.4. The fourth-order valence-electron chi connectivity index (χ4n) is 7.29. The summed E-state index contributed by atoms with van der Waals surface area (Å²) in [6, 6.07) is 13.0. The maximum atomic E-state index is 14.6. The fraction of sp³-hybridized carbons (Fsp3) is 0.421. The van der Waals surface area contributed by atoms with Gasteiger partial charge in [0.2, 0.25) is 0 Å². The van der Waals surface area contributed by atoms with Crippen molar-refractivity contribution in [2.75, 3.05) is 31.9 Å². The highest BCUT2D eigenvalue weighted by Crippen LogP contribution is 2.38. The Hall–Kier alpha value is -4.01. The SMILES string of the molecule is CCS(=O)(=O)c1ccc2nc(-c3cccc(C(F)(F)F)c3)c(CN3CCC(N4CCCCC4)CC3)c(C(=O)N[C@H](c3ccccc3)C(F)(F)F)c2c1. The predicted octanol–water partition coefficient (Wildman–Crippen LogP) is 8.20. The van der Waals surface area contributed by atoms with E-state index in [0.29, 0.717) is 19.1 Å². The van der Waals surface area contributed by atoms with Crippen molar-refractivity contribution in [2.24, 2.45) is 0 Å². The first-order valence-corrected chi connectivity index (χ1v) is 19.1. The number of benzene rings is 3. The number of aromatic nitrogens is 1. The van der Waals surface area contributed by atoms with Crippen LogP contribution in [0.15, 0.2) is 77.7 Å². The number of nitrogens with zero attached hydrogens (tertiary/aromatic N) is 3. The first-order chi connectivity index (χ1) is 24.7. The highest BCUT2D eigenvalue weighted by atomic mass is 32.2. The van der Waals surface area contributed by atoms with Crippen LogP contribution < -0.4 is 5.32 Å². The molecule has 0 bridgehead atoms. The van der Waals surface area contributed by atoms with Gasteiger partial charge in [0.25, 0.3) is 5.91 Å². The summed E-state index contributed by atoms with van der Waals surface area (Å²) >= 11 is 0. The molecule has 2 aliphatic heterocycles. The van der Waals surface area contributed by atoms with Crippen molar-refractivity contribution < 1.29 is 39.6 Å². The Morgan fingerprint density at radius 3 is 2.21 bits per heavy atom. The van der Waals surface area contributed by atoms with Crippen LogP contribution in [-0.4, -0.2) is 73.3 Å². The van der Waals surface area contributed by atoms with Crippen LogP contribution in [0.4, 0.5) is 26.3 Å². The number of rotatable bonds is 9. The standard InChI is InChI=1S/C38H40F6N4O3S/c1-2-52(50,51)29-14-15-32-30(23-29)33(36(49)46-35(38(42,43)44)25-10-5-3-6-11-25)31(34(45-32)26-12-9-13-27(22-26)37(39,40)41)24-47-20-16-28(17-21-47)48-18-7-4-8-19-48/h3,5-6,9-15,22-23,28,35H,2,4,7-8,16-21,24H2,1H3,(H,46,49)/t35-/m1/s1. The van der Waals surface area contributed by atoms with E-state index in [9.17, 15) is 39.6 Å². The Morgan fingerprint density at radius 1 is 0.885 bits per heavy atom. The van der Waals surface area contributed by atoms with E-state index in [1.807, 2.05) is 4.90 Å². The molecule has 52 heavy (non-hydrogen) atoms. The number of sulfone groups is 1. The van der Waals surface area contributed by atoms with E-state index in [-0.39, 0.29) is 56.0 Å². The van der Waals surface area contributed by atoms with Gasteiger partial charge in [0.15, 0.2) is 15.9 Å². The fourth-order valence-corrected chi connectivity index (χ4v) is 8.20. The molecule has 14 heteroatoms. The third-order valence-corrected chi connectivity index (χ3v) is 11.8. The van der Waals surface area contributed by atoms with Crippen LogP contribution in [0.25, 0.3) is 22.2 Å². The van der Waals surface area contributed by atoms with Crippen molar-refractivity contribution in [3.8, 4) is 11.3 Å². The zero-order valence-corrected chi connectivity index (χ0v) is 29.4. The van der Waals surface area contributed by atoms with Crippen LogP contribution in [-0.2, 0) is 22.6 Å². The number of carbonyl (C=O) groups excluding carboxylic acids is 1. The van der Waals surface area contributed by atoms with Gasteiger partial charge in [-0.2, -0.15) is 26.3 Å². The average Bonchev–Trinajstić information content (AvgIpc) is 3.13. The minimum absolute atomic E-state index is 0.00345. The molecule has 0 aliphatic carbocycles. The highest BCUT2D eigenvalue weighted by molar-refractivity contribution is 7.91. The van der Waals surface area contributed by atoms with Crippen molar-refractivity contribution in [1.82, 2.24) is 20.1 Å². The molecule has 4 aromatic rings. The number of hydrogen-bond donors (Lipinski definition) is 1. The van der Waals surface area contributed by atoms with Crippen molar-refractivity contribution in [1.29, 1.82) is 0 Å². The summed E-state index contributed by atoms with van der Waals surface area (Å²) in [5.41, 5.74) is -1.29. The maximum Gasteiger partial charge on any atom is 0.416 e. The number of carbonyl (C=O) groups is 1. The van der Waals surface area contributed by atoms with Crippen LogP contribution in [0, 0.1) is 0 Å². The summed E-state index contributed by atoms with van der Waals surface area (Å²) in [6.07, 6.45) is -4.60. The van der Waals surface area contributed by atoms with Gasteiger partial charge in [-0.05, 0) is 87.8 Å². The third-order valence-electron chi connectivity index (χ3n) is 10.1. The first-order valence-electron chi connectivity index (χ1n) is 17.4. The number of alkyl halides is 6. The van der Waals surface area contributed by atoms with Gasteiger partial charge in [0.1, 0.15) is 0 Å². The molecule has 1 amide bonds. The number of pyridine rings is 1. The Bertz CT molecular complexity index is 2010. The topological polar surface area (TPSA) is 82.6 Å². The van der Waals surface area contributed by atoms with Crippen LogP contribution >= 0.6 is 0 Å². The summed E-state index contributed by atoms with van der Waals surface area (Å²) in [6.45, 7) is 4.58. The molecule has 0 spiro atoms. The molecular weight excluding hydrogens is 706 g/mol. The zero-order chi connectivity index (χ0) is 37.3. The van der Waals surface area contributed by atoms with E-state index in [4.69, 9.17) is 4.98 Å². The molecule has 2 aliphatic rings. The van der Waals surface area contributed by atoms with E-state index in [0.717, 1.165) is 50.9 Å². The summed E-state index contributed by atoms with van der Waals surface area (Å²) < 4.78 is 112. The molecule has 1 aromatic heterocycles. The zero-order valence-electron chi connectivity index (χ0n) is 28.6. The average molecular weight is 747 g/mol. The quantitative estimate of drug-likeness (QED) is 0.174. The summed E-state index contributed by atoms with van der Waals surface area (Å²) in [5, 5.41) is 2.13. The van der Waals surface area contributed by atoms with E-state index in [1.165, 1.54) is 67.9 Å². The van der Waals surface area contributed by atoms with Gasteiger partial charge >= 0.3 is 12.4 Å². The minimum Gasteiger partial charge on any atom is -0.337 e. The normalized spacial score (nSPS) is 17.7. The molecule has 3 aromatic carbocycles. The number of fused-ring (bicyclic) bond motifs is 1. The minimum atomic E-state index is -4.92. The molecule has 0 unspecified atom stereocenters. The number of nitrogens with one attached hydrogen (secondary N) is 1. The number of piperidine rings is 2. The number of hydrogen-bond acceptors (Lipinski definition) is 6. The molecule has 7 nitrogen and oxygen atoms in total. The smallest absolute Gasteiger partial charge is 0.337 e. The Labute approximate surface area is 298 Å². The van der Waals surface area contributed by atoms with E-state index in [1.54, 1.807) is 6.07 Å². The summed E-state index contributed by atoms with van der Waals surface area (Å²) in [4.78, 5) is 23.5. The second-order valence-corrected chi connectivity index (χ2v) is 15.7.